The summed E-state index contributed by atoms with van der Waals surface area (Å²) in [4.78, 5) is 13.0. The Labute approximate surface area is 259 Å². The van der Waals surface area contributed by atoms with Crippen molar-refractivity contribution in [2.75, 3.05) is 18.0 Å². The van der Waals surface area contributed by atoms with E-state index in [1.165, 1.54) is 25.5 Å². The number of methoxy groups -OCH3 is 1. The number of aryl methyl sites for hydroxylation is 2. The van der Waals surface area contributed by atoms with Gasteiger partial charge in [0.25, 0.3) is 15.9 Å². The molecule has 4 rings (SSSR count). The van der Waals surface area contributed by atoms with E-state index in [1.807, 2.05) is 38.1 Å². The predicted molar refractivity (Wildman–Crippen MR) is 169 cm³/mol. The van der Waals surface area contributed by atoms with Crippen LogP contribution in [0.25, 0.3) is 0 Å². The topological polar surface area (TPSA) is 97.3 Å². The molecule has 0 bridgehead atoms. The van der Waals surface area contributed by atoms with E-state index in [1.54, 1.807) is 48.5 Å². The van der Waals surface area contributed by atoms with Crippen LogP contribution >= 0.6 is 27.5 Å². The molecule has 0 saturated heterocycles. The Balaban J connectivity index is 1.50. The van der Waals surface area contributed by atoms with Crippen molar-refractivity contribution < 1.29 is 22.7 Å². The van der Waals surface area contributed by atoms with Crippen LogP contribution in [0.15, 0.2) is 99.4 Å². The summed E-state index contributed by atoms with van der Waals surface area (Å²) in [5.74, 6) is 0.308. The number of ether oxygens (including phenoxy) is 2. The Morgan fingerprint density at radius 3 is 2.40 bits per heavy atom. The van der Waals surface area contributed by atoms with Gasteiger partial charge < -0.3 is 9.47 Å². The Hall–Kier alpha value is -3.86. The molecule has 218 valence electrons. The van der Waals surface area contributed by atoms with Gasteiger partial charge >= 0.3 is 0 Å². The van der Waals surface area contributed by atoms with E-state index in [-0.39, 0.29) is 11.5 Å². The molecule has 4 aromatic rings. The molecule has 0 fully saturated rings. The van der Waals surface area contributed by atoms with Crippen LogP contribution in [0.3, 0.4) is 0 Å². The average molecular weight is 671 g/mol. The Kier molecular flexibility index (Phi) is 10.3. The largest absolute Gasteiger partial charge is 0.493 e. The van der Waals surface area contributed by atoms with Crippen LogP contribution in [0.5, 0.6) is 11.5 Å². The van der Waals surface area contributed by atoms with E-state index in [9.17, 15) is 13.2 Å². The molecule has 1 N–H and O–H groups in total. The maximum absolute atomic E-state index is 13.5. The SMILES string of the molecule is COc1cc(/C=N\NC(=O)CN(c2ccc(C)c(C)c2)S(=O)(=O)c2ccccc2)cc(Br)c1OCc1ccccc1Cl. The van der Waals surface area contributed by atoms with Crippen molar-refractivity contribution in [2.24, 2.45) is 5.10 Å². The minimum Gasteiger partial charge on any atom is -0.493 e. The summed E-state index contributed by atoms with van der Waals surface area (Å²) in [7, 11) is -2.51. The summed E-state index contributed by atoms with van der Waals surface area (Å²) in [6, 6.07) is 24.1. The maximum atomic E-state index is 13.5. The number of nitrogens with one attached hydrogen (secondary N) is 1. The number of nitrogens with zero attached hydrogens (tertiary/aromatic N) is 2. The zero-order valence-corrected chi connectivity index (χ0v) is 26.3. The summed E-state index contributed by atoms with van der Waals surface area (Å²) < 4.78 is 40.2. The smallest absolute Gasteiger partial charge is 0.264 e. The third kappa shape index (κ3) is 7.50. The molecule has 0 atom stereocenters. The number of anilines is 1. The Morgan fingerprint density at radius 1 is 1.00 bits per heavy atom. The lowest BCUT2D eigenvalue weighted by molar-refractivity contribution is -0.119. The van der Waals surface area contributed by atoms with Crippen LogP contribution in [-0.2, 0) is 21.4 Å². The second kappa shape index (κ2) is 13.9. The van der Waals surface area contributed by atoms with Gasteiger partial charge in [-0.05, 0) is 88.9 Å². The van der Waals surface area contributed by atoms with E-state index in [4.69, 9.17) is 21.1 Å². The van der Waals surface area contributed by atoms with E-state index in [0.29, 0.717) is 32.2 Å². The first-order valence-electron chi connectivity index (χ1n) is 12.8. The van der Waals surface area contributed by atoms with Gasteiger partial charge in [0, 0.05) is 10.6 Å². The van der Waals surface area contributed by atoms with E-state index < -0.39 is 22.5 Å². The second-order valence-corrected chi connectivity index (χ2v) is 12.4. The number of hydrogen-bond acceptors (Lipinski definition) is 6. The summed E-state index contributed by atoms with van der Waals surface area (Å²) in [5.41, 5.74) is 6.14. The fourth-order valence-electron chi connectivity index (χ4n) is 3.98. The molecule has 0 aliphatic rings. The highest BCUT2D eigenvalue weighted by molar-refractivity contribution is 9.10. The molecule has 42 heavy (non-hydrogen) atoms. The third-order valence-electron chi connectivity index (χ3n) is 6.38. The Morgan fingerprint density at radius 2 is 1.71 bits per heavy atom. The van der Waals surface area contributed by atoms with Gasteiger partial charge in [-0.25, -0.2) is 13.8 Å². The van der Waals surface area contributed by atoms with Gasteiger partial charge in [-0.1, -0.05) is 54.1 Å². The number of carbonyl (C=O) groups excluding carboxylic acids is 1. The number of rotatable bonds is 11. The summed E-state index contributed by atoms with van der Waals surface area (Å²) in [5, 5.41) is 4.64. The van der Waals surface area contributed by atoms with Crippen molar-refractivity contribution in [3.8, 4) is 11.5 Å². The highest BCUT2D eigenvalue weighted by atomic mass is 79.9. The van der Waals surface area contributed by atoms with Gasteiger partial charge in [0.15, 0.2) is 11.5 Å². The van der Waals surface area contributed by atoms with Crippen molar-refractivity contribution in [2.45, 2.75) is 25.3 Å². The molecule has 1 amide bonds. The normalized spacial score (nSPS) is 11.4. The molecule has 8 nitrogen and oxygen atoms in total. The monoisotopic (exact) mass is 669 g/mol. The molecular formula is C31H29BrClN3O5S. The molecule has 0 radical (unpaired) electrons. The van der Waals surface area contributed by atoms with Crippen LogP contribution in [-0.4, -0.2) is 34.2 Å². The molecule has 11 heteroatoms. The van der Waals surface area contributed by atoms with Crippen molar-refractivity contribution in [1.29, 1.82) is 0 Å². The first kappa shape index (κ1) is 31.1. The van der Waals surface area contributed by atoms with Crippen LogP contribution in [0.1, 0.15) is 22.3 Å². The number of benzene rings is 4. The minimum absolute atomic E-state index is 0.0771. The van der Waals surface area contributed by atoms with E-state index >= 15 is 0 Å². The summed E-state index contributed by atoms with van der Waals surface area (Å²) >= 11 is 9.74. The number of hydrazone groups is 1. The maximum Gasteiger partial charge on any atom is 0.264 e. The standard InChI is InChI=1S/C31H29BrClN3O5S/c1-21-13-14-25(15-22(21)2)36(42(38,39)26-10-5-4-6-11-26)19-30(37)35-34-18-23-16-27(32)31(29(17-23)40-3)41-20-24-9-7-8-12-28(24)33/h4-18H,19-20H2,1-3H3,(H,35,37)/b34-18-. The van der Waals surface area contributed by atoms with Crippen LogP contribution < -0.4 is 19.2 Å². The molecule has 0 spiro atoms. The van der Waals surface area contributed by atoms with Gasteiger partial charge in [0.2, 0.25) is 0 Å². The quantitative estimate of drug-likeness (QED) is 0.142. The molecule has 0 unspecified atom stereocenters. The van der Waals surface area contributed by atoms with Crippen LogP contribution in [0, 0.1) is 13.8 Å². The average Bonchev–Trinajstić information content (AvgIpc) is 2.97. The lowest BCUT2D eigenvalue weighted by atomic mass is 10.1. The van der Waals surface area contributed by atoms with Crippen molar-refractivity contribution in [3.63, 3.8) is 0 Å². The highest BCUT2D eigenvalue weighted by Gasteiger charge is 2.27. The lowest BCUT2D eigenvalue weighted by Gasteiger charge is -2.24. The molecule has 0 saturated carbocycles. The number of amides is 1. The predicted octanol–water partition coefficient (Wildman–Crippen LogP) is 6.65. The minimum atomic E-state index is -4.03. The molecule has 0 aromatic heterocycles. The first-order valence-corrected chi connectivity index (χ1v) is 15.4. The summed E-state index contributed by atoms with van der Waals surface area (Å²) in [6.07, 6.45) is 1.43. The summed E-state index contributed by atoms with van der Waals surface area (Å²) in [6.45, 7) is 3.58. The number of sulfonamides is 1. The number of carbonyl (C=O) groups is 1. The molecule has 0 aliphatic carbocycles. The highest BCUT2D eigenvalue weighted by Crippen LogP contribution is 2.37. The van der Waals surface area contributed by atoms with Gasteiger partial charge in [0.1, 0.15) is 13.2 Å². The second-order valence-electron chi connectivity index (χ2n) is 9.30. The molecule has 4 aromatic carbocycles. The van der Waals surface area contributed by atoms with E-state index in [0.717, 1.165) is 21.0 Å². The van der Waals surface area contributed by atoms with Gasteiger partial charge in [-0.3, -0.25) is 9.10 Å². The fraction of sp³-hybridized carbons (Fsp3) is 0.161. The first-order chi connectivity index (χ1) is 20.1. The van der Waals surface area contributed by atoms with Crippen molar-refractivity contribution >= 4 is 55.4 Å². The molecule has 0 heterocycles. The van der Waals surface area contributed by atoms with Crippen molar-refractivity contribution in [3.05, 3.63) is 117 Å². The number of hydrogen-bond donors (Lipinski definition) is 1. The third-order valence-corrected chi connectivity index (χ3v) is 9.13. The Bertz CT molecular complexity index is 1720. The van der Waals surface area contributed by atoms with Gasteiger partial charge in [0.05, 0.1) is 28.4 Å². The van der Waals surface area contributed by atoms with E-state index in [2.05, 4.69) is 26.5 Å². The fourth-order valence-corrected chi connectivity index (χ4v) is 6.18. The molecule has 0 aliphatic heterocycles. The van der Waals surface area contributed by atoms with Gasteiger partial charge in [-0.2, -0.15) is 5.10 Å². The number of halogens is 2. The zero-order chi connectivity index (χ0) is 30.3. The molecular weight excluding hydrogens is 642 g/mol. The zero-order valence-electron chi connectivity index (χ0n) is 23.2. The van der Waals surface area contributed by atoms with Gasteiger partial charge in [-0.15, -0.1) is 0 Å². The van der Waals surface area contributed by atoms with Crippen LogP contribution in [0.2, 0.25) is 5.02 Å². The lowest BCUT2D eigenvalue weighted by Crippen LogP contribution is -2.39. The van der Waals surface area contributed by atoms with Crippen molar-refractivity contribution in [1.82, 2.24) is 5.43 Å². The van der Waals surface area contributed by atoms with Crippen LogP contribution in [0.4, 0.5) is 5.69 Å².